The standard InChI is InChI=1S/C15H18N2O3.C2H6/c18-14(6-3-7-15(19)20)16-9-8-11-10-17-13-5-2-1-4-12(11)13;1-2/h1-2,4-5,10,17H,3,6-9H2,(H,16,18)(H,19,20);1-2H3. The first-order valence-corrected chi connectivity index (χ1v) is 7.70. The third-order valence-electron chi connectivity index (χ3n) is 3.19. The van der Waals surface area contributed by atoms with Gasteiger partial charge in [-0.1, -0.05) is 32.0 Å². The molecule has 0 spiro atoms. The lowest BCUT2D eigenvalue weighted by molar-refractivity contribution is -0.137. The molecule has 0 aliphatic carbocycles. The number of hydrogen-bond donors (Lipinski definition) is 3. The van der Waals surface area contributed by atoms with Gasteiger partial charge in [-0.3, -0.25) is 9.59 Å². The molecule has 0 bridgehead atoms. The first kappa shape index (κ1) is 17.8. The van der Waals surface area contributed by atoms with Crippen LogP contribution in [0.4, 0.5) is 0 Å². The second-order valence-electron chi connectivity index (χ2n) is 4.71. The number of H-pyrrole nitrogens is 1. The van der Waals surface area contributed by atoms with Crippen molar-refractivity contribution in [2.24, 2.45) is 0 Å². The lowest BCUT2D eigenvalue weighted by Gasteiger charge is -2.04. The minimum Gasteiger partial charge on any atom is -0.481 e. The number of aromatic nitrogens is 1. The average Bonchev–Trinajstić information content (AvgIpc) is 2.92. The van der Waals surface area contributed by atoms with E-state index in [9.17, 15) is 9.59 Å². The molecule has 5 heteroatoms. The molecule has 2 aromatic rings. The van der Waals surface area contributed by atoms with E-state index in [0.29, 0.717) is 13.0 Å². The van der Waals surface area contributed by atoms with E-state index in [1.807, 2.05) is 38.2 Å². The summed E-state index contributed by atoms with van der Waals surface area (Å²) in [6.07, 6.45) is 3.40. The van der Waals surface area contributed by atoms with Gasteiger partial charge in [0.1, 0.15) is 0 Å². The molecule has 0 fully saturated rings. The van der Waals surface area contributed by atoms with Crippen molar-refractivity contribution in [3.05, 3.63) is 36.0 Å². The van der Waals surface area contributed by atoms with Crippen LogP contribution in [0.15, 0.2) is 30.5 Å². The molecule has 2 rings (SSSR count). The Morgan fingerprint density at radius 1 is 1.18 bits per heavy atom. The van der Waals surface area contributed by atoms with E-state index in [2.05, 4.69) is 16.4 Å². The number of carboxylic acids is 1. The van der Waals surface area contributed by atoms with Crippen molar-refractivity contribution in [1.82, 2.24) is 10.3 Å². The van der Waals surface area contributed by atoms with Crippen molar-refractivity contribution in [1.29, 1.82) is 0 Å². The molecule has 0 unspecified atom stereocenters. The maximum atomic E-state index is 11.5. The van der Waals surface area contributed by atoms with Gasteiger partial charge >= 0.3 is 5.97 Å². The number of aliphatic carboxylic acids is 1. The second-order valence-corrected chi connectivity index (χ2v) is 4.71. The number of rotatable bonds is 7. The molecule has 0 aliphatic heterocycles. The number of benzene rings is 1. The molecular weight excluding hydrogens is 280 g/mol. The molecule has 1 aromatic heterocycles. The average molecular weight is 304 g/mol. The molecule has 1 aromatic carbocycles. The molecule has 5 nitrogen and oxygen atoms in total. The van der Waals surface area contributed by atoms with E-state index in [0.717, 1.165) is 11.9 Å². The maximum Gasteiger partial charge on any atom is 0.303 e. The van der Waals surface area contributed by atoms with Crippen LogP contribution in [0, 0.1) is 0 Å². The summed E-state index contributed by atoms with van der Waals surface area (Å²) in [7, 11) is 0. The Morgan fingerprint density at radius 2 is 1.91 bits per heavy atom. The van der Waals surface area contributed by atoms with Gasteiger partial charge in [0.05, 0.1) is 0 Å². The van der Waals surface area contributed by atoms with Gasteiger partial charge in [0.2, 0.25) is 5.91 Å². The van der Waals surface area contributed by atoms with Crippen molar-refractivity contribution >= 4 is 22.8 Å². The number of carbonyl (C=O) groups excluding carboxylic acids is 1. The molecule has 3 N–H and O–H groups in total. The normalized spacial score (nSPS) is 9.91. The summed E-state index contributed by atoms with van der Waals surface area (Å²) in [6, 6.07) is 8.04. The van der Waals surface area contributed by atoms with E-state index in [1.54, 1.807) is 0 Å². The third kappa shape index (κ3) is 5.60. The Bertz CT molecular complexity index is 605. The van der Waals surface area contributed by atoms with Gasteiger partial charge in [-0.25, -0.2) is 0 Å². The van der Waals surface area contributed by atoms with Gasteiger partial charge < -0.3 is 15.4 Å². The number of carbonyl (C=O) groups is 2. The molecule has 0 saturated carbocycles. The lowest BCUT2D eigenvalue weighted by Crippen LogP contribution is -2.25. The SMILES string of the molecule is CC.O=C(O)CCCC(=O)NCCc1c[nH]c2ccccc12. The van der Waals surface area contributed by atoms with Crippen LogP contribution in [-0.4, -0.2) is 28.5 Å². The Hall–Kier alpha value is -2.30. The van der Waals surface area contributed by atoms with Crippen LogP contribution >= 0.6 is 0 Å². The van der Waals surface area contributed by atoms with E-state index >= 15 is 0 Å². The predicted molar refractivity (Wildman–Crippen MR) is 87.8 cm³/mol. The van der Waals surface area contributed by atoms with Crippen LogP contribution in [0.3, 0.4) is 0 Å². The molecule has 0 saturated heterocycles. The fraction of sp³-hybridized carbons (Fsp3) is 0.412. The van der Waals surface area contributed by atoms with Crippen molar-refractivity contribution < 1.29 is 14.7 Å². The van der Waals surface area contributed by atoms with Crippen LogP contribution < -0.4 is 5.32 Å². The number of carboxylic acid groups (broad SMARTS) is 1. The highest BCUT2D eigenvalue weighted by molar-refractivity contribution is 5.83. The minimum absolute atomic E-state index is 0.0376. The molecular formula is C17H24N2O3. The van der Waals surface area contributed by atoms with Gasteiger partial charge in [-0.15, -0.1) is 0 Å². The first-order valence-electron chi connectivity index (χ1n) is 7.70. The number of fused-ring (bicyclic) bond motifs is 1. The second kappa shape index (κ2) is 9.60. The van der Waals surface area contributed by atoms with E-state index < -0.39 is 5.97 Å². The number of amides is 1. The Balaban J connectivity index is 0.00000116. The summed E-state index contributed by atoms with van der Waals surface area (Å²) in [5.41, 5.74) is 2.27. The highest BCUT2D eigenvalue weighted by Gasteiger charge is 2.05. The van der Waals surface area contributed by atoms with Gasteiger partial charge in [-0.05, 0) is 24.5 Å². The van der Waals surface area contributed by atoms with E-state index in [-0.39, 0.29) is 18.7 Å². The zero-order valence-electron chi connectivity index (χ0n) is 13.2. The van der Waals surface area contributed by atoms with Gasteiger partial charge in [0.25, 0.3) is 0 Å². The van der Waals surface area contributed by atoms with Crippen LogP contribution in [0.2, 0.25) is 0 Å². The van der Waals surface area contributed by atoms with Gasteiger partial charge in [0.15, 0.2) is 0 Å². The minimum atomic E-state index is -0.864. The van der Waals surface area contributed by atoms with Gasteiger partial charge in [-0.2, -0.15) is 0 Å². The molecule has 0 radical (unpaired) electrons. The molecule has 1 heterocycles. The molecule has 22 heavy (non-hydrogen) atoms. The molecule has 0 atom stereocenters. The Kier molecular flexibility index (Phi) is 7.75. The van der Waals surface area contributed by atoms with Crippen LogP contribution in [0.25, 0.3) is 10.9 Å². The van der Waals surface area contributed by atoms with E-state index in [4.69, 9.17) is 5.11 Å². The summed E-state index contributed by atoms with van der Waals surface area (Å²) < 4.78 is 0. The quantitative estimate of drug-likeness (QED) is 0.735. The van der Waals surface area contributed by atoms with Crippen molar-refractivity contribution in [3.63, 3.8) is 0 Å². The highest BCUT2D eigenvalue weighted by Crippen LogP contribution is 2.17. The highest BCUT2D eigenvalue weighted by atomic mass is 16.4. The number of hydrogen-bond acceptors (Lipinski definition) is 2. The topological polar surface area (TPSA) is 82.2 Å². The van der Waals surface area contributed by atoms with Crippen LogP contribution in [0.1, 0.15) is 38.7 Å². The third-order valence-corrected chi connectivity index (χ3v) is 3.19. The zero-order chi connectivity index (χ0) is 16.4. The van der Waals surface area contributed by atoms with Crippen LogP contribution in [0.5, 0.6) is 0 Å². The summed E-state index contributed by atoms with van der Waals surface area (Å²) in [5.74, 6) is -0.956. The van der Waals surface area contributed by atoms with Gasteiger partial charge in [0, 0.05) is 36.5 Å². The number of para-hydroxylation sites is 1. The Morgan fingerprint density at radius 3 is 2.64 bits per heavy atom. The summed E-state index contributed by atoms with van der Waals surface area (Å²) in [4.78, 5) is 25.0. The molecule has 0 aliphatic rings. The summed E-state index contributed by atoms with van der Waals surface area (Å²) >= 11 is 0. The van der Waals surface area contributed by atoms with Crippen LogP contribution in [-0.2, 0) is 16.0 Å². The maximum absolute atomic E-state index is 11.5. The lowest BCUT2D eigenvalue weighted by atomic mass is 10.1. The van der Waals surface area contributed by atoms with Crippen molar-refractivity contribution in [2.75, 3.05) is 6.54 Å². The number of nitrogens with one attached hydrogen (secondary N) is 2. The predicted octanol–water partition coefficient (Wildman–Crippen LogP) is 3.11. The summed E-state index contributed by atoms with van der Waals surface area (Å²) in [6.45, 7) is 4.56. The first-order chi connectivity index (χ1) is 10.7. The number of aromatic amines is 1. The molecule has 120 valence electrons. The van der Waals surface area contributed by atoms with Crippen molar-refractivity contribution in [2.45, 2.75) is 39.5 Å². The summed E-state index contributed by atoms with van der Waals surface area (Å²) in [5, 5.41) is 12.5. The van der Waals surface area contributed by atoms with Crippen molar-refractivity contribution in [3.8, 4) is 0 Å². The smallest absolute Gasteiger partial charge is 0.303 e. The monoisotopic (exact) mass is 304 g/mol. The molecule has 1 amide bonds. The fourth-order valence-corrected chi connectivity index (χ4v) is 2.16. The van der Waals surface area contributed by atoms with E-state index in [1.165, 1.54) is 10.9 Å². The zero-order valence-corrected chi connectivity index (χ0v) is 13.2. The fourth-order valence-electron chi connectivity index (χ4n) is 2.16. The largest absolute Gasteiger partial charge is 0.481 e. The Labute approximate surface area is 130 Å².